The molecule has 1 N–H and O–H groups in total. The van der Waals surface area contributed by atoms with Crippen molar-refractivity contribution in [3.63, 3.8) is 0 Å². The Morgan fingerprint density at radius 2 is 2.23 bits per heavy atom. The van der Waals surface area contributed by atoms with E-state index in [4.69, 9.17) is 0 Å². The van der Waals surface area contributed by atoms with E-state index in [1.54, 1.807) is 9.58 Å². The number of hydrogen-bond acceptors (Lipinski definition) is 4. The zero-order chi connectivity index (χ0) is 15.5. The van der Waals surface area contributed by atoms with Crippen LogP contribution in [0.25, 0.3) is 11.0 Å². The lowest BCUT2D eigenvalue weighted by Crippen LogP contribution is -2.43. The lowest BCUT2D eigenvalue weighted by Gasteiger charge is -2.18. The summed E-state index contributed by atoms with van der Waals surface area (Å²) in [4.78, 5) is 25.1. The number of nitrogens with one attached hydrogen (secondary N) is 1. The van der Waals surface area contributed by atoms with E-state index in [-0.39, 0.29) is 24.4 Å². The molecule has 3 rings (SSSR count). The third-order valence-corrected chi connectivity index (χ3v) is 3.78. The van der Waals surface area contributed by atoms with Gasteiger partial charge in [0, 0.05) is 19.0 Å². The molecular weight excluding hydrogens is 282 g/mol. The van der Waals surface area contributed by atoms with Gasteiger partial charge in [-0.2, -0.15) is 0 Å². The Bertz CT molecular complexity index is 696. The molecule has 7 nitrogen and oxygen atoms in total. The van der Waals surface area contributed by atoms with Crippen molar-refractivity contribution in [1.82, 2.24) is 25.2 Å². The lowest BCUT2D eigenvalue weighted by atomic mass is 10.3. The summed E-state index contributed by atoms with van der Waals surface area (Å²) in [6.45, 7) is 3.27. The van der Waals surface area contributed by atoms with E-state index < -0.39 is 0 Å². The number of amides is 2. The smallest absolute Gasteiger partial charge is 0.239 e. The summed E-state index contributed by atoms with van der Waals surface area (Å²) in [6.07, 6.45) is 1.39. The molecular formula is C15H19N5O2. The van der Waals surface area contributed by atoms with Gasteiger partial charge < -0.3 is 10.2 Å². The van der Waals surface area contributed by atoms with Gasteiger partial charge in [0.15, 0.2) is 0 Å². The first-order valence-electron chi connectivity index (χ1n) is 7.49. The highest BCUT2D eigenvalue weighted by Crippen LogP contribution is 2.10. The van der Waals surface area contributed by atoms with Gasteiger partial charge in [0.25, 0.3) is 0 Å². The summed E-state index contributed by atoms with van der Waals surface area (Å²) in [5.41, 5.74) is 1.78. The Balaban J connectivity index is 1.56. The van der Waals surface area contributed by atoms with Crippen LogP contribution in [0.1, 0.15) is 19.8 Å². The molecule has 0 unspecified atom stereocenters. The molecule has 0 aliphatic carbocycles. The van der Waals surface area contributed by atoms with Gasteiger partial charge in [-0.1, -0.05) is 17.3 Å². The van der Waals surface area contributed by atoms with Crippen LogP contribution in [-0.4, -0.2) is 50.8 Å². The van der Waals surface area contributed by atoms with Gasteiger partial charge in [-0.15, -0.1) is 5.10 Å². The quantitative estimate of drug-likeness (QED) is 0.875. The molecule has 1 aliphatic heterocycles. The predicted molar refractivity (Wildman–Crippen MR) is 80.9 cm³/mol. The number of benzene rings is 1. The summed E-state index contributed by atoms with van der Waals surface area (Å²) in [5, 5.41) is 11.1. The largest absolute Gasteiger partial charge is 0.350 e. The molecule has 1 fully saturated rings. The normalized spacial score (nSPS) is 16.2. The van der Waals surface area contributed by atoms with Crippen LogP contribution < -0.4 is 5.32 Å². The molecule has 116 valence electrons. The summed E-state index contributed by atoms with van der Waals surface area (Å²) >= 11 is 0. The van der Waals surface area contributed by atoms with Gasteiger partial charge in [0.1, 0.15) is 5.52 Å². The summed E-state index contributed by atoms with van der Waals surface area (Å²) in [5.74, 6) is -0.0720. The monoisotopic (exact) mass is 301 g/mol. The first-order chi connectivity index (χ1) is 10.6. The van der Waals surface area contributed by atoms with Crippen molar-refractivity contribution in [3.05, 3.63) is 24.3 Å². The fourth-order valence-electron chi connectivity index (χ4n) is 2.72. The number of hydrogen-bond donors (Lipinski definition) is 1. The van der Waals surface area contributed by atoms with Crippen LogP contribution in [0.5, 0.6) is 0 Å². The molecule has 0 bridgehead atoms. The number of carbonyl (C=O) groups is 2. The highest BCUT2D eigenvalue weighted by molar-refractivity contribution is 5.85. The maximum atomic E-state index is 12.0. The van der Waals surface area contributed by atoms with Crippen molar-refractivity contribution in [2.45, 2.75) is 32.4 Å². The summed E-state index contributed by atoms with van der Waals surface area (Å²) < 4.78 is 1.78. The van der Waals surface area contributed by atoms with Crippen molar-refractivity contribution < 1.29 is 9.59 Å². The van der Waals surface area contributed by atoms with Crippen LogP contribution >= 0.6 is 0 Å². The molecule has 1 aromatic heterocycles. The zero-order valence-electron chi connectivity index (χ0n) is 12.5. The number of aromatic nitrogens is 3. The second kappa shape index (κ2) is 6.13. The highest BCUT2D eigenvalue weighted by Gasteiger charge is 2.22. The molecule has 1 aromatic carbocycles. The Kier molecular flexibility index (Phi) is 4.04. The topological polar surface area (TPSA) is 80.1 Å². The van der Waals surface area contributed by atoms with Crippen LogP contribution in [0.3, 0.4) is 0 Å². The predicted octanol–water partition coefficient (Wildman–Crippen LogP) is 0.558. The number of fused-ring (bicyclic) bond motifs is 1. The van der Waals surface area contributed by atoms with Crippen molar-refractivity contribution in [1.29, 1.82) is 0 Å². The fraction of sp³-hybridized carbons (Fsp3) is 0.467. The molecule has 1 saturated heterocycles. The highest BCUT2D eigenvalue weighted by atomic mass is 16.2. The molecule has 2 aromatic rings. The van der Waals surface area contributed by atoms with E-state index in [0.29, 0.717) is 19.5 Å². The standard InChI is InChI=1S/C15H19N5O2/c1-11(16-14(21)10-19-8-4-7-15(19)22)9-20-13-6-3-2-5-12(13)17-18-20/h2-3,5-6,11H,4,7-10H2,1H3,(H,16,21)/t11-/m1/s1. The van der Waals surface area contributed by atoms with Gasteiger partial charge in [0.05, 0.1) is 18.6 Å². The summed E-state index contributed by atoms with van der Waals surface area (Å²) in [7, 11) is 0. The third kappa shape index (κ3) is 3.08. The maximum Gasteiger partial charge on any atom is 0.239 e. The van der Waals surface area contributed by atoms with Gasteiger partial charge >= 0.3 is 0 Å². The van der Waals surface area contributed by atoms with Gasteiger partial charge in [-0.3, -0.25) is 9.59 Å². The first kappa shape index (κ1) is 14.5. The van der Waals surface area contributed by atoms with Crippen molar-refractivity contribution >= 4 is 22.8 Å². The van der Waals surface area contributed by atoms with E-state index in [9.17, 15) is 9.59 Å². The van der Waals surface area contributed by atoms with Crippen molar-refractivity contribution in [2.24, 2.45) is 0 Å². The van der Waals surface area contributed by atoms with Crippen molar-refractivity contribution in [3.8, 4) is 0 Å². The van der Waals surface area contributed by atoms with E-state index >= 15 is 0 Å². The Morgan fingerprint density at radius 1 is 1.41 bits per heavy atom. The van der Waals surface area contributed by atoms with E-state index in [1.807, 2.05) is 31.2 Å². The molecule has 7 heteroatoms. The van der Waals surface area contributed by atoms with E-state index in [0.717, 1.165) is 17.5 Å². The van der Waals surface area contributed by atoms with Gasteiger partial charge in [0.2, 0.25) is 11.8 Å². The van der Waals surface area contributed by atoms with E-state index in [2.05, 4.69) is 15.6 Å². The SMILES string of the molecule is C[C@H](Cn1nnc2ccccc21)NC(=O)CN1CCCC1=O. The van der Waals surface area contributed by atoms with Crippen LogP contribution in [0.2, 0.25) is 0 Å². The van der Waals surface area contributed by atoms with Crippen LogP contribution in [0.15, 0.2) is 24.3 Å². The second-order valence-electron chi connectivity index (χ2n) is 5.65. The van der Waals surface area contributed by atoms with Crippen LogP contribution in [0.4, 0.5) is 0 Å². The molecule has 0 saturated carbocycles. The molecule has 2 heterocycles. The average molecular weight is 301 g/mol. The molecule has 1 atom stereocenters. The fourth-order valence-corrected chi connectivity index (χ4v) is 2.72. The average Bonchev–Trinajstić information content (AvgIpc) is 3.07. The van der Waals surface area contributed by atoms with Gasteiger partial charge in [-0.25, -0.2) is 4.68 Å². The zero-order valence-corrected chi connectivity index (χ0v) is 12.5. The van der Waals surface area contributed by atoms with Crippen LogP contribution in [-0.2, 0) is 16.1 Å². The molecule has 2 amide bonds. The minimum absolute atomic E-state index is 0.0603. The van der Waals surface area contributed by atoms with Gasteiger partial charge in [-0.05, 0) is 25.5 Å². The minimum atomic E-state index is -0.132. The molecule has 0 spiro atoms. The third-order valence-electron chi connectivity index (χ3n) is 3.78. The lowest BCUT2D eigenvalue weighted by molar-refractivity contribution is -0.133. The first-order valence-corrected chi connectivity index (χ1v) is 7.49. The second-order valence-corrected chi connectivity index (χ2v) is 5.65. The Labute approximate surface area is 128 Å². The Morgan fingerprint density at radius 3 is 3.00 bits per heavy atom. The molecule has 22 heavy (non-hydrogen) atoms. The van der Waals surface area contributed by atoms with Crippen molar-refractivity contribution in [2.75, 3.05) is 13.1 Å². The summed E-state index contributed by atoms with van der Waals surface area (Å²) in [6, 6.07) is 7.62. The maximum absolute atomic E-state index is 12.0. The van der Waals surface area contributed by atoms with Crippen LogP contribution in [0, 0.1) is 0 Å². The number of likely N-dealkylation sites (tertiary alicyclic amines) is 1. The number of rotatable bonds is 5. The minimum Gasteiger partial charge on any atom is -0.350 e. The Hall–Kier alpha value is -2.44. The number of nitrogens with zero attached hydrogens (tertiary/aromatic N) is 4. The molecule has 1 aliphatic rings. The number of carbonyl (C=O) groups excluding carboxylic acids is 2. The molecule has 0 radical (unpaired) electrons. The van der Waals surface area contributed by atoms with E-state index in [1.165, 1.54) is 0 Å². The number of para-hydroxylation sites is 1.